The van der Waals surface area contributed by atoms with Gasteiger partial charge in [-0.15, -0.1) is 11.3 Å². The molecule has 3 aromatic heterocycles. The quantitative estimate of drug-likeness (QED) is 0.267. The van der Waals surface area contributed by atoms with Crippen LogP contribution in [0.3, 0.4) is 0 Å². The van der Waals surface area contributed by atoms with E-state index in [9.17, 15) is 14.4 Å². The lowest BCUT2D eigenvalue weighted by atomic mass is 10.0. The molecule has 8 nitrogen and oxygen atoms in total. The van der Waals surface area contributed by atoms with Crippen molar-refractivity contribution >= 4 is 40.0 Å². The van der Waals surface area contributed by atoms with E-state index in [0.29, 0.717) is 28.8 Å². The number of thiophene rings is 1. The maximum absolute atomic E-state index is 13.4. The Balaban J connectivity index is 1.41. The van der Waals surface area contributed by atoms with Gasteiger partial charge in [0.25, 0.3) is 5.91 Å². The zero-order valence-electron chi connectivity index (χ0n) is 21.5. The Morgan fingerprint density at radius 1 is 1.00 bits per heavy atom. The second-order valence-corrected chi connectivity index (χ2v) is 10.0. The molecule has 0 saturated heterocycles. The second-order valence-electron chi connectivity index (χ2n) is 9.06. The number of hydrogen-bond acceptors (Lipinski definition) is 7. The number of rotatable bonds is 9. The summed E-state index contributed by atoms with van der Waals surface area (Å²) in [6, 6.07) is 23.7. The van der Waals surface area contributed by atoms with Crippen LogP contribution >= 0.6 is 11.3 Å². The molecule has 3 heterocycles. The Hall–Kier alpha value is -4.63. The number of ketones is 1. The van der Waals surface area contributed by atoms with Gasteiger partial charge in [0.1, 0.15) is 0 Å². The van der Waals surface area contributed by atoms with E-state index in [2.05, 4.69) is 10.4 Å². The van der Waals surface area contributed by atoms with Crippen LogP contribution in [0.25, 0.3) is 27.3 Å². The predicted molar refractivity (Wildman–Crippen MR) is 150 cm³/mol. The van der Waals surface area contributed by atoms with Gasteiger partial charge < -0.3 is 10.1 Å². The SMILES string of the molecule is CC(=O)C(Cc1ccccc1)NC(=O)COC(=O)c1cc(-c2cccs2)nc2c1c(C)nn2-c1ccccc1. The minimum Gasteiger partial charge on any atom is -0.452 e. The normalized spacial score (nSPS) is 11.7. The molecule has 196 valence electrons. The van der Waals surface area contributed by atoms with Gasteiger partial charge in [0.2, 0.25) is 0 Å². The van der Waals surface area contributed by atoms with E-state index in [0.717, 1.165) is 16.1 Å². The van der Waals surface area contributed by atoms with Crippen LogP contribution in [0.15, 0.2) is 84.2 Å². The lowest BCUT2D eigenvalue weighted by molar-refractivity contribution is -0.128. The Morgan fingerprint density at radius 2 is 1.72 bits per heavy atom. The van der Waals surface area contributed by atoms with Gasteiger partial charge in [-0.25, -0.2) is 14.5 Å². The van der Waals surface area contributed by atoms with Gasteiger partial charge in [-0.2, -0.15) is 5.10 Å². The zero-order valence-corrected chi connectivity index (χ0v) is 22.3. The first kappa shape index (κ1) is 26.0. The van der Waals surface area contributed by atoms with Gasteiger partial charge in [0, 0.05) is 0 Å². The van der Waals surface area contributed by atoms with E-state index in [4.69, 9.17) is 9.72 Å². The van der Waals surface area contributed by atoms with Crippen molar-refractivity contribution in [2.75, 3.05) is 6.61 Å². The Bertz CT molecular complexity index is 1630. The molecule has 9 heteroatoms. The summed E-state index contributed by atoms with van der Waals surface area (Å²) in [5, 5.41) is 9.83. The molecular weight excluding hydrogens is 512 g/mol. The lowest BCUT2D eigenvalue weighted by Gasteiger charge is -2.16. The minimum absolute atomic E-state index is 0.182. The highest BCUT2D eigenvalue weighted by atomic mass is 32.1. The van der Waals surface area contributed by atoms with Crippen LogP contribution in [0.4, 0.5) is 0 Å². The zero-order chi connectivity index (χ0) is 27.4. The molecule has 0 aliphatic heterocycles. The molecule has 0 fully saturated rings. The van der Waals surface area contributed by atoms with E-state index < -0.39 is 24.5 Å². The maximum Gasteiger partial charge on any atom is 0.339 e. The molecule has 1 unspecified atom stereocenters. The summed E-state index contributed by atoms with van der Waals surface area (Å²) < 4.78 is 7.15. The minimum atomic E-state index is -0.719. The number of hydrogen-bond donors (Lipinski definition) is 1. The molecule has 5 rings (SSSR count). The third kappa shape index (κ3) is 5.78. The average molecular weight is 539 g/mol. The number of para-hydroxylation sites is 1. The Labute approximate surface area is 229 Å². The molecule has 1 amide bonds. The van der Waals surface area contributed by atoms with Crippen molar-refractivity contribution in [2.24, 2.45) is 0 Å². The van der Waals surface area contributed by atoms with E-state index in [1.54, 1.807) is 17.7 Å². The van der Waals surface area contributed by atoms with Crippen LogP contribution in [-0.2, 0) is 20.7 Å². The van der Waals surface area contributed by atoms with Gasteiger partial charge in [0.15, 0.2) is 18.0 Å². The van der Waals surface area contributed by atoms with Crippen LogP contribution in [0.2, 0.25) is 0 Å². The molecule has 5 aromatic rings. The number of amides is 1. The number of esters is 1. The van der Waals surface area contributed by atoms with Crippen LogP contribution < -0.4 is 5.32 Å². The fraction of sp³-hybridized carbons (Fsp3) is 0.167. The summed E-state index contributed by atoms with van der Waals surface area (Å²) in [5.74, 6) is -1.41. The largest absolute Gasteiger partial charge is 0.452 e. The molecule has 0 radical (unpaired) electrons. The maximum atomic E-state index is 13.4. The molecule has 0 aliphatic carbocycles. The first-order valence-corrected chi connectivity index (χ1v) is 13.3. The van der Waals surface area contributed by atoms with Gasteiger partial charge in [0.05, 0.1) is 38.9 Å². The van der Waals surface area contributed by atoms with E-state index in [1.165, 1.54) is 18.3 Å². The lowest BCUT2D eigenvalue weighted by Crippen LogP contribution is -2.43. The monoisotopic (exact) mass is 538 g/mol. The number of fused-ring (bicyclic) bond motifs is 1. The summed E-state index contributed by atoms with van der Waals surface area (Å²) in [5.41, 5.74) is 3.71. The Morgan fingerprint density at radius 3 is 2.38 bits per heavy atom. The standard InChI is InChI=1S/C30H26N4O4S/c1-19-28-23(30(37)38-18-27(36)31-24(20(2)35)16-21-10-5-3-6-11-21)17-25(26-14-9-15-39-26)32-29(28)34(33-19)22-12-7-4-8-13-22/h3-15,17,24H,16,18H2,1-2H3,(H,31,36). The first-order chi connectivity index (χ1) is 18.9. The third-order valence-corrected chi connectivity index (χ3v) is 7.14. The molecule has 2 aromatic carbocycles. The van der Waals surface area contributed by atoms with Crippen molar-refractivity contribution in [3.05, 3.63) is 101 Å². The molecule has 39 heavy (non-hydrogen) atoms. The molecule has 0 bridgehead atoms. The molecule has 1 N–H and O–H groups in total. The smallest absolute Gasteiger partial charge is 0.339 e. The summed E-state index contributed by atoms with van der Waals surface area (Å²) in [6.07, 6.45) is 0.350. The van der Waals surface area contributed by atoms with Crippen LogP contribution in [0.5, 0.6) is 0 Å². The predicted octanol–water partition coefficient (Wildman–Crippen LogP) is 4.93. The third-order valence-electron chi connectivity index (χ3n) is 6.25. The van der Waals surface area contributed by atoms with Gasteiger partial charge in [-0.1, -0.05) is 54.6 Å². The highest BCUT2D eigenvalue weighted by molar-refractivity contribution is 7.13. The summed E-state index contributed by atoms with van der Waals surface area (Å²) >= 11 is 1.50. The number of nitrogens with zero attached hydrogens (tertiary/aromatic N) is 3. The highest BCUT2D eigenvalue weighted by Crippen LogP contribution is 2.31. The number of Topliss-reactive ketones (excluding diaryl/α,β-unsaturated/α-hetero) is 1. The number of pyridine rings is 1. The Kier molecular flexibility index (Phi) is 7.60. The van der Waals surface area contributed by atoms with Crippen molar-refractivity contribution in [1.82, 2.24) is 20.1 Å². The number of ether oxygens (including phenoxy) is 1. The second kappa shape index (κ2) is 11.4. The average Bonchev–Trinajstić information content (AvgIpc) is 3.60. The topological polar surface area (TPSA) is 103 Å². The summed E-state index contributed by atoms with van der Waals surface area (Å²) in [4.78, 5) is 43.9. The fourth-order valence-corrected chi connectivity index (χ4v) is 5.03. The van der Waals surface area contributed by atoms with Crippen molar-refractivity contribution < 1.29 is 19.1 Å². The summed E-state index contributed by atoms with van der Waals surface area (Å²) in [6.45, 7) is 2.70. The van der Waals surface area contributed by atoms with Crippen LogP contribution in [0.1, 0.15) is 28.5 Å². The first-order valence-electron chi connectivity index (χ1n) is 12.4. The molecular formula is C30H26N4O4S. The molecule has 1 atom stereocenters. The molecule has 0 spiro atoms. The van der Waals surface area contributed by atoms with E-state index >= 15 is 0 Å². The number of carbonyl (C=O) groups excluding carboxylic acids is 3. The van der Waals surface area contributed by atoms with Crippen LogP contribution in [0, 0.1) is 6.92 Å². The van der Waals surface area contributed by atoms with Gasteiger partial charge in [-0.05, 0) is 55.5 Å². The van der Waals surface area contributed by atoms with Gasteiger partial charge >= 0.3 is 5.97 Å². The van der Waals surface area contributed by atoms with Crippen molar-refractivity contribution in [1.29, 1.82) is 0 Å². The number of carbonyl (C=O) groups is 3. The van der Waals surface area contributed by atoms with E-state index in [1.807, 2.05) is 78.2 Å². The van der Waals surface area contributed by atoms with Crippen LogP contribution in [-0.4, -0.2) is 45.1 Å². The number of nitrogens with one attached hydrogen (secondary N) is 1. The fourth-order valence-electron chi connectivity index (χ4n) is 4.34. The number of aryl methyl sites for hydroxylation is 1. The van der Waals surface area contributed by atoms with Gasteiger partial charge in [-0.3, -0.25) is 9.59 Å². The molecule has 0 saturated carbocycles. The van der Waals surface area contributed by atoms with E-state index in [-0.39, 0.29) is 11.3 Å². The summed E-state index contributed by atoms with van der Waals surface area (Å²) in [7, 11) is 0. The van der Waals surface area contributed by atoms with Crippen molar-refractivity contribution in [3.63, 3.8) is 0 Å². The van der Waals surface area contributed by atoms with Crippen molar-refractivity contribution in [3.8, 4) is 16.3 Å². The highest BCUT2D eigenvalue weighted by Gasteiger charge is 2.24. The van der Waals surface area contributed by atoms with Crippen molar-refractivity contribution in [2.45, 2.75) is 26.3 Å². The number of aromatic nitrogens is 3. The number of benzene rings is 2. The molecule has 0 aliphatic rings.